The van der Waals surface area contributed by atoms with Crippen molar-refractivity contribution < 1.29 is 29.0 Å². The van der Waals surface area contributed by atoms with Gasteiger partial charge in [0.1, 0.15) is 0 Å². The van der Waals surface area contributed by atoms with Gasteiger partial charge in [-0.3, -0.25) is 24.2 Å². The fourth-order valence-electron chi connectivity index (χ4n) is 10.0. The molecule has 0 saturated heterocycles. The fraction of sp³-hybridized carbons (Fsp3) is 0.948. The number of unbranched alkanes of at least 4 members (excludes halogenated alkanes) is 21. The van der Waals surface area contributed by atoms with Crippen LogP contribution in [0.2, 0.25) is 0 Å². The Hall–Kier alpha value is -1.71. The van der Waals surface area contributed by atoms with E-state index in [1.54, 1.807) is 0 Å². The van der Waals surface area contributed by atoms with Crippen LogP contribution < -0.4 is 5.32 Å². The average molecular weight is 949 g/mol. The van der Waals surface area contributed by atoms with Gasteiger partial charge in [-0.15, -0.1) is 0 Å². The van der Waals surface area contributed by atoms with Crippen LogP contribution in [0.5, 0.6) is 0 Å². The van der Waals surface area contributed by atoms with Gasteiger partial charge in [-0.25, -0.2) is 0 Å². The predicted molar refractivity (Wildman–Crippen MR) is 284 cm³/mol. The normalized spacial score (nSPS) is 14.0. The van der Waals surface area contributed by atoms with E-state index in [1.165, 1.54) is 154 Å². The number of hydrogen-bond acceptors (Lipinski definition) is 8. The van der Waals surface area contributed by atoms with E-state index in [2.05, 4.69) is 42.8 Å². The first-order valence-electron chi connectivity index (χ1n) is 29.5. The molecule has 0 aromatic carbocycles. The summed E-state index contributed by atoms with van der Waals surface area (Å²) in [5.41, 5.74) is 0. The molecule has 1 unspecified atom stereocenters. The van der Waals surface area contributed by atoms with E-state index in [1.807, 2.05) is 0 Å². The second-order valence-corrected chi connectivity index (χ2v) is 20.9. The summed E-state index contributed by atoms with van der Waals surface area (Å²) in [5, 5.41) is 13.3. The minimum atomic E-state index is -0.124. The first-order chi connectivity index (χ1) is 32.9. The SMILES string of the molecule is CCCCCCCCC(CCCCCC)CNC(=O)CCCCCCCN(CCO)CCN(CCCCC(COC(=O)CCCCCCC)COC(=O)CCCCCCC)C1CCCCCC1. The van der Waals surface area contributed by atoms with Crippen molar-refractivity contribution in [2.24, 2.45) is 11.8 Å². The monoisotopic (exact) mass is 948 g/mol. The molecule has 2 N–H and O–H groups in total. The molecule has 1 saturated carbocycles. The summed E-state index contributed by atoms with van der Waals surface area (Å²) in [6.45, 7) is 15.4. The van der Waals surface area contributed by atoms with Crippen LogP contribution in [0.3, 0.4) is 0 Å². The minimum absolute atomic E-state index is 0.0267. The lowest BCUT2D eigenvalue weighted by Gasteiger charge is -2.33. The number of ether oxygens (including phenoxy) is 2. The van der Waals surface area contributed by atoms with Crippen molar-refractivity contribution >= 4 is 17.8 Å². The minimum Gasteiger partial charge on any atom is -0.465 e. The molecule has 0 aromatic heterocycles. The number of hydrogen-bond donors (Lipinski definition) is 2. The molecule has 0 bridgehead atoms. The molecule has 396 valence electrons. The molecule has 9 nitrogen and oxygen atoms in total. The van der Waals surface area contributed by atoms with Crippen molar-refractivity contribution in [1.82, 2.24) is 15.1 Å². The third-order valence-electron chi connectivity index (χ3n) is 14.6. The molecule has 1 amide bonds. The summed E-state index contributed by atoms with van der Waals surface area (Å²) in [6, 6.07) is 0.611. The summed E-state index contributed by atoms with van der Waals surface area (Å²) in [7, 11) is 0. The van der Waals surface area contributed by atoms with Crippen LogP contribution >= 0.6 is 0 Å². The van der Waals surface area contributed by atoms with Crippen molar-refractivity contribution in [2.75, 3.05) is 59.1 Å². The Morgan fingerprint density at radius 3 is 1.45 bits per heavy atom. The summed E-state index contributed by atoms with van der Waals surface area (Å²) in [5.74, 6) is 0.645. The zero-order valence-corrected chi connectivity index (χ0v) is 45.1. The predicted octanol–water partition coefficient (Wildman–Crippen LogP) is 14.7. The number of rotatable bonds is 49. The smallest absolute Gasteiger partial charge is 0.305 e. The maximum absolute atomic E-state index is 12.8. The highest BCUT2D eigenvalue weighted by molar-refractivity contribution is 5.75. The van der Waals surface area contributed by atoms with Crippen molar-refractivity contribution in [3.8, 4) is 0 Å². The van der Waals surface area contributed by atoms with Gasteiger partial charge in [0.2, 0.25) is 5.91 Å². The van der Waals surface area contributed by atoms with Crippen molar-refractivity contribution in [3.63, 3.8) is 0 Å². The molecule has 1 aliphatic carbocycles. The number of esters is 2. The van der Waals surface area contributed by atoms with E-state index < -0.39 is 0 Å². The van der Waals surface area contributed by atoms with Gasteiger partial charge in [-0.2, -0.15) is 0 Å². The molecule has 1 rings (SSSR count). The lowest BCUT2D eigenvalue weighted by molar-refractivity contribution is -0.149. The van der Waals surface area contributed by atoms with Crippen molar-refractivity contribution in [3.05, 3.63) is 0 Å². The molecule has 0 aromatic rings. The summed E-state index contributed by atoms with van der Waals surface area (Å²) >= 11 is 0. The van der Waals surface area contributed by atoms with Crippen LogP contribution in [0.25, 0.3) is 0 Å². The Morgan fingerprint density at radius 1 is 0.478 bits per heavy atom. The van der Waals surface area contributed by atoms with Crippen LogP contribution in [-0.4, -0.2) is 97.9 Å². The third kappa shape index (κ3) is 39.7. The molecule has 1 atom stereocenters. The lowest BCUT2D eigenvalue weighted by atomic mass is 9.94. The molecule has 0 spiro atoms. The number of nitrogens with one attached hydrogen (secondary N) is 1. The van der Waals surface area contributed by atoms with E-state index in [4.69, 9.17) is 9.47 Å². The van der Waals surface area contributed by atoms with E-state index in [9.17, 15) is 19.5 Å². The largest absolute Gasteiger partial charge is 0.465 e. The number of carbonyl (C=O) groups excluding carboxylic acids is 3. The molecular weight excluding hydrogens is 835 g/mol. The van der Waals surface area contributed by atoms with Gasteiger partial charge in [0.15, 0.2) is 0 Å². The summed E-state index contributed by atoms with van der Waals surface area (Å²) in [4.78, 5) is 43.3. The zero-order chi connectivity index (χ0) is 48.7. The van der Waals surface area contributed by atoms with Gasteiger partial charge in [0.05, 0.1) is 19.8 Å². The highest BCUT2D eigenvalue weighted by Gasteiger charge is 2.22. The first-order valence-corrected chi connectivity index (χ1v) is 29.5. The van der Waals surface area contributed by atoms with E-state index >= 15 is 0 Å². The van der Waals surface area contributed by atoms with Crippen LogP contribution in [-0.2, 0) is 23.9 Å². The van der Waals surface area contributed by atoms with Crippen LogP contribution in [0.1, 0.15) is 278 Å². The molecule has 1 fully saturated rings. The van der Waals surface area contributed by atoms with E-state index in [0.29, 0.717) is 51.0 Å². The fourth-order valence-corrected chi connectivity index (χ4v) is 10.0. The highest BCUT2D eigenvalue weighted by atomic mass is 16.5. The standard InChI is InChI=1S/C58H113N3O6/c1-5-9-13-17-21-27-37-53(36-26-16-12-8-4)50-59-56(63)41-30-22-18-25-34-44-60(48-49-62)46-47-61(55-39-28-23-24-29-40-55)45-35-33-38-54(51-66-57(64)42-31-19-14-10-6-2)52-67-58(65)43-32-20-15-11-7-3/h53-55,62H,5-52H2,1-4H3,(H,59,63). The maximum atomic E-state index is 12.8. The third-order valence-corrected chi connectivity index (χ3v) is 14.6. The van der Waals surface area contributed by atoms with Crippen LogP contribution in [0, 0.1) is 11.8 Å². The number of aliphatic hydroxyl groups excluding tert-OH is 1. The molecule has 0 radical (unpaired) electrons. The lowest BCUT2D eigenvalue weighted by Crippen LogP contribution is -2.42. The second kappa shape index (κ2) is 47.9. The van der Waals surface area contributed by atoms with Crippen molar-refractivity contribution in [2.45, 2.75) is 284 Å². The molecule has 67 heavy (non-hydrogen) atoms. The van der Waals surface area contributed by atoms with Crippen molar-refractivity contribution in [1.29, 1.82) is 0 Å². The number of carbonyl (C=O) groups is 3. The maximum Gasteiger partial charge on any atom is 0.305 e. The highest BCUT2D eigenvalue weighted by Crippen LogP contribution is 2.24. The Labute approximate surface area is 415 Å². The molecule has 0 aliphatic heterocycles. The Bertz CT molecular complexity index is 1070. The summed E-state index contributed by atoms with van der Waals surface area (Å²) in [6.07, 6.45) is 44.6. The van der Waals surface area contributed by atoms with Gasteiger partial charge in [-0.05, 0) is 83.2 Å². The van der Waals surface area contributed by atoms with Crippen LogP contribution in [0.15, 0.2) is 0 Å². The quantitative estimate of drug-likeness (QED) is 0.0353. The van der Waals surface area contributed by atoms with Gasteiger partial charge in [0.25, 0.3) is 0 Å². The molecule has 9 heteroatoms. The van der Waals surface area contributed by atoms with E-state index in [0.717, 1.165) is 110 Å². The number of nitrogens with zero attached hydrogens (tertiary/aromatic N) is 2. The second-order valence-electron chi connectivity index (χ2n) is 20.9. The average Bonchev–Trinajstić information content (AvgIpc) is 3.62. The van der Waals surface area contributed by atoms with Crippen LogP contribution in [0.4, 0.5) is 0 Å². The summed E-state index contributed by atoms with van der Waals surface area (Å²) < 4.78 is 11.6. The number of amides is 1. The van der Waals surface area contributed by atoms with Gasteiger partial charge < -0.3 is 19.9 Å². The Morgan fingerprint density at radius 2 is 0.910 bits per heavy atom. The topological polar surface area (TPSA) is 108 Å². The first kappa shape index (κ1) is 63.3. The zero-order valence-electron chi connectivity index (χ0n) is 45.1. The Kier molecular flexibility index (Phi) is 45.3. The van der Waals surface area contributed by atoms with Gasteiger partial charge in [0, 0.05) is 57.4 Å². The Balaban J connectivity index is 2.58. The number of aliphatic hydroxyl groups is 1. The molecular formula is C58H113N3O6. The molecule has 1 aliphatic rings. The molecule has 0 heterocycles. The van der Waals surface area contributed by atoms with Gasteiger partial charge >= 0.3 is 11.9 Å². The van der Waals surface area contributed by atoms with Gasteiger partial charge in [-0.1, -0.05) is 195 Å². The van der Waals surface area contributed by atoms with E-state index in [-0.39, 0.29) is 30.4 Å².